The van der Waals surface area contributed by atoms with Crippen molar-refractivity contribution in [3.05, 3.63) is 29.8 Å². The maximum Gasteiger partial charge on any atom is 0.120 e. The van der Waals surface area contributed by atoms with E-state index in [2.05, 4.69) is 13.8 Å². The molecule has 2 unspecified atom stereocenters. The lowest BCUT2D eigenvalue weighted by molar-refractivity contribution is 0.439. The van der Waals surface area contributed by atoms with Crippen molar-refractivity contribution in [2.24, 2.45) is 17.6 Å². The highest BCUT2D eigenvalue weighted by atomic mass is 16.3. The predicted molar refractivity (Wildman–Crippen MR) is 56.9 cm³/mol. The van der Waals surface area contributed by atoms with Crippen LogP contribution in [-0.2, 0) is 5.54 Å². The molecule has 3 N–H and O–H groups in total. The van der Waals surface area contributed by atoms with Crippen molar-refractivity contribution in [2.75, 3.05) is 0 Å². The lowest BCUT2D eigenvalue weighted by Gasteiger charge is -2.15. The lowest BCUT2D eigenvalue weighted by atomic mass is 9.97. The molecule has 2 atom stereocenters. The zero-order valence-corrected chi connectivity index (χ0v) is 8.70. The standard InChI is InChI=1S/C12H17NO/c1-8(2)10-7-12(10,13)9-5-3-4-6-11(9)14/h3-6,8,10,14H,7,13H2,1-2H3. The van der Waals surface area contributed by atoms with Gasteiger partial charge >= 0.3 is 0 Å². The Morgan fingerprint density at radius 1 is 1.43 bits per heavy atom. The molecule has 0 saturated heterocycles. The molecular formula is C12H17NO. The monoisotopic (exact) mass is 191 g/mol. The minimum absolute atomic E-state index is 0.278. The van der Waals surface area contributed by atoms with E-state index < -0.39 is 0 Å². The van der Waals surface area contributed by atoms with E-state index in [0.29, 0.717) is 17.6 Å². The number of benzene rings is 1. The second-order valence-corrected chi connectivity index (χ2v) is 4.61. The highest BCUT2D eigenvalue weighted by molar-refractivity contribution is 5.42. The second kappa shape index (κ2) is 2.99. The van der Waals surface area contributed by atoms with Gasteiger partial charge in [-0.15, -0.1) is 0 Å². The molecule has 76 valence electrons. The molecule has 1 saturated carbocycles. The fourth-order valence-corrected chi connectivity index (χ4v) is 2.31. The molecule has 0 spiro atoms. The third-order valence-electron chi connectivity index (χ3n) is 3.27. The van der Waals surface area contributed by atoms with Gasteiger partial charge in [0.2, 0.25) is 0 Å². The largest absolute Gasteiger partial charge is 0.508 e. The van der Waals surface area contributed by atoms with E-state index in [-0.39, 0.29) is 5.54 Å². The van der Waals surface area contributed by atoms with E-state index >= 15 is 0 Å². The van der Waals surface area contributed by atoms with E-state index in [4.69, 9.17) is 5.73 Å². The molecule has 1 aliphatic carbocycles. The molecule has 2 nitrogen and oxygen atoms in total. The van der Waals surface area contributed by atoms with Crippen molar-refractivity contribution < 1.29 is 5.11 Å². The quantitative estimate of drug-likeness (QED) is 0.753. The highest BCUT2D eigenvalue weighted by Gasteiger charge is 2.54. The smallest absolute Gasteiger partial charge is 0.120 e. The van der Waals surface area contributed by atoms with Gasteiger partial charge in [-0.05, 0) is 24.3 Å². The Morgan fingerprint density at radius 2 is 2.07 bits per heavy atom. The van der Waals surface area contributed by atoms with Gasteiger partial charge in [-0.3, -0.25) is 0 Å². The fraction of sp³-hybridized carbons (Fsp3) is 0.500. The SMILES string of the molecule is CC(C)C1CC1(N)c1ccccc1O. The molecule has 2 heteroatoms. The summed E-state index contributed by atoms with van der Waals surface area (Å²) in [6.45, 7) is 4.36. The average molecular weight is 191 g/mol. The number of para-hydroxylation sites is 1. The first-order chi connectivity index (χ1) is 6.55. The van der Waals surface area contributed by atoms with E-state index in [1.165, 1.54) is 0 Å². The number of rotatable bonds is 2. The summed E-state index contributed by atoms with van der Waals surface area (Å²) in [6.07, 6.45) is 0.988. The van der Waals surface area contributed by atoms with Gasteiger partial charge in [0.05, 0.1) is 0 Å². The van der Waals surface area contributed by atoms with Crippen LogP contribution < -0.4 is 5.73 Å². The Hall–Kier alpha value is -1.02. The third kappa shape index (κ3) is 1.30. The molecule has 2 rings (SSSR count). The van der Waals surface area contributed by atoms with E-state index in [9.17, 15) is 5.11 Å². The van der Waals surface area contributed by atoms with Crippen molar-refractivity contribution in [3.63, 3.8) is 0 Å². The summed E-state index contributed by atoms with van der Waals surface area (Å²) in [5.74, 6) is 1.42. The molecule has 0 radical (unpaired) electrons. The molecule has 0 bridgehead atoms. The Kier molecular flexibility index (Phi) is 2.04. The van der Waals surface area contributed by atoms with E-state index in [0.717, 1.165) is 12.0 Å². The minimum atomic E-state index is -0.278. The molecule has 1 aliphatic rings. The first-order valence-electron chi connectivity index (χ1n) is 5.13. The first kappa shape index (κ1) is 9.53. The highest BCUT2D eigenvalue weighted by Crippen LogP contribution is 2.55. The lowest BCUT2D eigenvalue weighted by Crippen LogP contribution is -2.23. The van der Waals surface area contributed by atoms with Crippen molar-refractivity contribution in [1.29, 1.82) is 0 Å². The van der Waals surface area contributed by atoms with Crippen LogP contribution in [0.3, 0.4) is 0 Å². The summed E-state index contributed by atoms with van der Waals surface area (Å²) in [5, 5.41) is 9.71. The summed E-state index contributed by atoms with van der Waals surface area (Å²) >= 11 is 0. The number of phenolic OH excluding ortho intramolecular Hbond substituents is 1. The normalized spacial score (nSPS) is 30.7. The molecule has 1 aromatic carbocycles. The Morgan fingerprint density at radius 3 is 2.57 bits per heavy atom. The maximum atomic E-state index is 9.71. The summed E-state index contributed by atoms with van der Waals surface area (Å²) < 4.78 is 0. The van der Waals surface area contributed by atoms with Gasteiger partial charge < -0.3 is 10.8 Å². The predicted octanol–water partition coefficient (Wildman–Crippen LogP) is 2.22. The van der Waals surface area contributed by atoms with Crippen molar-refractivity contribution in [3.8, 4) is 5.75 Å². The Labute approximate surface area is 84.7 Å². The van der Waals surface area contributed by atoms with E-state index in [1.54, 1.807) is 6.07 Å². The second-order valence-electron chi connectivity index (χ2n) is 4.61. The third-order valence-corrected chi connectivity index (χ3v) is 3.27. The summed E-state index contributed by atoms with van der Waals surface area (Å²) in [5.41, 5.74) is 6.88. The first-order valence-corrected chi connectivity index (χ1v) is 5.13. The summed E-state index contributed by atoms with van der Waals surface area (Å²) in [6, 6.07) is 7.39. The van der Waals surface area contributed by atoms with Crippen molar-refractivity contribution >= 4 is 0 Å². The van der Waals surface area contributed by atoms with Crippen LogP contribution >= 0.6 is 0 Å². The zero-order chi connectivity index (χ0) is 10.3. The molecule has 0 amide bonds. The van der Waals surface area contributed by atoms with Gasteiger partial charge in [0.1, 0.15) is 5.75 Å². The van der Waals surface area contributed by atoms with Gasteiger partial charge in [0, 0.05) is 11.1 Å². The molecular weight excluding hydrogens is 174 g/mol. The van der Waals surface area contributed by atoms with Crippen molar-refractivity contribution in [2.45, 2.75) is 25.8 Å². The van der Waals surface area contributed by atoms with Gasteiger partial charge in [-0.25, -0.2) is 0 Å². The zero-order valence-electron chi connectivity index (χ0n) is 8.70. The molecule has 0 heterocycles. The van der Waals surface area contributed by atoms with Crippen LogP contribution in [0, 0.1) is 11.8 Å². The van der Waals surface area contributed by atoms with Crippen LogP contribution in [0.5, 0.6) is 5.75 Å². The topological polar surface area (TPSA) is 46.2 Å². The van der Waals surface area contributed by atoms with Crippen LogP contribution in [-0.4, -0.2) is 5.11 Å². The summed E-state index contributed by atoms with van der Waals surface area (Å²) in [4.78, 5) is 0. The van der Waals surface area contributed by atoms with Gasteiger partial charge in [-0.2, -0.15) is 0 Å². The fourth-order valence-electron chi connectivity index (χ4n) is 2.31. The van der Waals surface area contributed by atoms with Gasteiger partial charge in [0.25, 0.3) is 0 Å². The minimum Gasteiger partial charge on any atom is -0.508 e. The molecule has 1 aromatic rings. The molecule has 0 aromatic heterocycles. The Bertz CT molecular complexity index is 348. The maximum absolute atomic E-state index is 9.71. The van der Waals surface area contributed by atoms with Gasteiger partial charge in [0.15, 0.2) is 0 Å². The Balaban J connectivity index is 2.30. The number of phenols is 1. The number of hydrogen-bond acceptors (Lipinski definition) is 2. The number of aromatic hydroxyl groups is 1. The van der Waals surface area contributed by atoms with Crippen LogP contribution in [0.25, 0.3) is 0 Å². The number of hydrogen-bond donors (Lipinski definition) is 2. The average Bonchev–Trinajstić information content (AvgIpc) is 2.80. The van der Waals surface area contributed by atoms with Crippen LogP contribution in [0.2, 0.25) is 0 Å². The molecule has 14 heavy (non-hydrogen) atoms. The molecule has 0 aliphatic heterocycles. The van der Waals surface area contributed by atoms with E-state index in [1.807, 2.05) is 18.2 Å². The van der Waals surface area contributed by atoms with Crippen molar-refractivity contribution in [1.82, 2.24) is 0 Å². The van der Waals surface area contributed by atoms with Crippen LogP contribution in [0.1, 0.15) is 25.8 Å². The van der Waals surface area contributed by atoms with Crippen LogP contribution in [0.15, 0.2) is 24.3 Å². The molecule has 1 fully saturated rings. The number of nitrogens with two attached hydrogens (primary N) is 1. The van der Waals surface area contributed by atoms with Crippen LogP contribution in [0.4, 0.5) is 0 Å². The van der Waals surface area contributed by atoms with Gasteiger partial charge in [-0.1, -0.05) is 32.0 Å². The summed E-state index contributed by atoms with van der Waals surface area (Å²) in [7, 11) is 0.